The Labute approximate surface area is 158 Å². The quantitative estimate of drug-likeness (QED) is 0.783. The lowest BCUT2D eigenvalue weighted by atomic mass is 9.87. The molecule has 2 aliphatic heterocycles. The summed E-state index contributed by atoms with van der Waals surface area (Å²) in [6.45, 7) is 10.1. The zero-order valence-corrected chi connectivity index (χ0v) is 16.5. The summed E-state index contributed by atoms with van der Waals surface area (Å²) in [5.74, 6) is 1.32. The third-order valence-electron chi connectivity index (χ3n) is 5.61. The molecule has 3 heterocycles. The highest BCUT2D eigenvalue weighted by Gasteiger charge is 2.35. The van der Waals surface area contributed by atoms with Crippen LogP contribution in [0.25, 0.3) is 17.0 Å². The fourth-order valence-corrected chi connectivity index (χ4v) is 3.97. The van der Waals surface area contributed by atoms with Gasteiger partial charge in [-0.25, -0.2) is 4.79 Å². The van der Waals surface area contributed by atoms with Gasteiger partial charge in [-0.15, -0.1) is 0 Å². The molecule has 1 aromatic heterocycles. The SMILES string of the molecule is CCCc1c(O)c(=O)oc2c3c(c4c(c12)OC(C)(C)C=C4)OC(C)C(C)C3. The lowest BCUT2D eigenvalue weighted by Gasteiger charge is -2.35. The van der Waals surface area contributed by atoms with E-state index in [1.54, 1.807) is 0 Å². The van der Waals surface area contributed by atoms with Crippen molar-refractivity contribution in [3.05, 3.63) is 33.2 Å². The Balaban J connectivity index is 2.17. The molecule has 5 nitrogen and oxygen atoms in total. The maximum atomic E-state index is 12.3. The molecule has 2 unspecified atom stereocenters. The molecule has 5 heteroatoms. The summed E-state index contributed by atoms with van der Waals surface area (Å²) >= 11 is 0. The van der Waals surface area contributed by atoms with Gasteiger partial charge in [0.1, 0.15) is 22.7 Å². The third kappa shape index (κ3) is 2.71. The van der Waals surface area contributed by atoms with Crippen LogP contribution in [0, 0.1) is 5.92 Å². The molecule has 0 fully saturated rings. The first-order valence-corrected chi connectivity index (χ1v) is 9.66. The molecule has 0 radical (unpaired) electrons. The molecule has 1 aromatic carbocycles. The number of hydrogen-bond donors (Lipinski definition) is 1. The van der Waals surface area contributed by atoms with Crippen molar-refractivity contribution in [3.63, 3.8) is 0 Å². The molecule has 2 aromatic rings. The van der Waals surface area contributed by atoms with E-state index in [2.05, 4.69) is 13.8 Å². The molecule has 0 amide bonds. The first-order valence-electron chi connectivity index (χ1n) is 9.66. The van der Waals surface area contributed by atoms with Crippen LogP contribution in [0.4, 0.5) is 0 Å². The zero-order valence-electron chi connectivity index (χ0n) is 16.5. The Morgan fingerprint density at radius 2 is 2.00 bits per heavy atom. The summed E-state index contributed by atoms with van der Waals surface area (Å²) in [6.07, 6.45) is 6.20. The highest BCUT2D eigenvalue weighted by molar-refractivity contribution is 5.97. The number of fused-ring (bicyclic) bond motifs is 6. The van der Waals surface area contributed by atoms with Crippen LogP contribution in [0.1, 0.15) is 57.7 Å². The van der Waals surface area contributed by atoms with E-state index in [1.165, 1.54) is 0 Å². The average molecular weight is 370 g/mol. The van der Waals surface area contributed by atoms with Gasteiger partial charge in [0.2, 0.25) is 5.75 Å². The third-order valence-corrected chi connectivity index (χ3v) is 5.61. The van der Waals surface area contributed by atoms with Crippen LogP contribution in [-0.2, 0) is 12.8 Å². The first-order chi connectivity index (χ1) is 12.7. The molecule has 0 spiro atoms. The summed E-state index contributed by atoms with van der Waals surface area (Å²) in [6, 6.07) is 0. The van der Waals surface area contributed by atoms with Gasteiger partial charge in [0, 0.05) is 11.1 Å². The molecule has 2 aliphatic rings. The lowest BCUT2D eigenvalue weighted by Crippen LogP contribution is -2.31. The van der Waals surface area contributed by atoms with Gasteiger partial charge in [-0.2, -0.15) is 0 Å². The van der Waals surface area contributed by atoms with Gasteiger partial charge < -0.3 is 19.0 Å². The van der Waals surface area contributed by atoms with E-state index in [-0.39, 0.29) is 17.8 Å². The summed E-state index contributed by atoms with van der Waals surface area (Å²) in [5, 5.41) is 11.1. The Hall–Kier alpha value is -2.43. The lowest BCUT2D eigenvalue weighted by molar-refractivity contribution is 0.133. The summed E-state index contributed by atoms with van der Waals surface area (Å²) < 4.78 is 18.1. The van der Waals surface area contributed by atoms with Crippen molar-refractivity contribution in [2.45, 2.75) is 65.6 Å². The molecule has 4 rings (SSSR count). The summed E-state index contributed by atoms with van der Waals surface area (Å²) in [5.41, 5.74) is 1.62. The predicted octanol–water partition coefficient (Wildman–Crippen LogP) is 4.59. The van der Waals surface area contributed by atoms with Crippen molar-refractivity contribution in [3.8, 4) is 17.2 Å². The van der Waals surface area contributed by atoms with Gasteiger partial charge in [0.25, 0.3) is 0 Å². The Kier molecular flexibility index (Phi) is 4.02. The van der Waals surface area contributed by atoms with Crippen LogP contribution in [0.15, 0.2) is 15.3 Å². The number of aromatic hydroxyl groups is 1. The van der Waals surface area contributed by atoms with Crippen LogP contribution in [-0.4, -0.2) is 16.8 Å². The fraction of sp³-hybridized carbons (Fsp3) is 0.500. The van der Waals surface area contributed by atoms with Gasteiger partial charge in [-0.05, 0) is 51.7 Å². The normalized spacial score (nSPS) is 22.7. The summed E-state index contributed by atoms with van der Waals surface area (Å²) in [7, 11) is 0. The molecule has 2 atom stereocenters. The minimum absolute atomic E-state index is 0.0568. The number of ether oxygens (including phenoxy) is 2. The standard InChI is InChI=1S/C22H26O5/c1-6-7-13-16-19(26-21(24)17(13)23)15-10-11(2)12(3)25-18(15)14-8-9-22(4,5)27-20(14)16/h8-9,11-12,23H,6-7,10H2,1-5H3. The predicted molar refractivity (Wildman–Crippen MR) is 105 cm³/mol. The van der Waals surface area contributed by atoms with Crippen molar-refractivity contribution in [1.29, 1.82) is 0 Å². The van der Waals surface area contributed by atoms with E-state index in [4.69, 9.17) is 13.9 Å². The first kappa shape index (κ1) is 18.0. The van der Waals surface area contributed by atoms with Gasteiger partial charge in [0.05, 0.1) is 17.1 Å². The maximum Gasteiger partial charge on any atom is 0.379 e. The van der Waals surface area contributed by atoms with Gasteiger partial charge in [0.15, 0.2) is 0 Å². The second-order valence-corrected chi connectivity index (χ2v) is 8.26. The van der Waals surface area contributed by atoms with E-state index in [1.807, 2.05) is 32.9 Å². The average Bonchev–Trinajstić information content (AvgIpc) is 2.60. The van der Waals surface area contributed by atoms with Crippen molar-refractivity contribution in [1.82, 2.24) is 0 Å². The van der Waals surface area contributed by atoms with E-state index < -0.39 is 11.2 Å². The van der Waals surface area contributed by atoms with Crippen LogP contribution in [0.3, 0.4) is 0 Å². The molecule has 0 saturated heterocycles. The Morgan fingerprint density at radius 1 is 1.26 bits per heavy atom. The molecule has 27 heavy (non-hydrogen) atoms. The minimum Gasteiger partial charge on any atom is -0.502 e. The van der Waals surface area contributed by atoms with Gasteiger partial charge in [-0.1, -0.05) is 20.3 Å². The second-order valence-electron chi connectivity index (χ2n) is 8.26. The van der Waals surface area contributed by atoms with Crippen molar-refractivity contribution >= 4 is 17.0 Å². The molecule has 0 aliphatic carbocycles. The molecular weight excluding hydrogens is 344 g/mol. The number of aryl methyl sites for hydroxylation is 1. The van der Waals surface area contributed by atoms with Crippen molar-refractivity contribution in [2.75, 3.05) is 0 Å². The monoisotopic (exact) mass is 370 g/mol. The molecule has 144 valence electrons. The minimum atomic E-state index is -0.704. The largest absolute Gasteiger partial charge is 0.502 e. The van der Waals surface area contributed by atoms with Crippen molar-refractivity contribution in [2.24, 2.45) is 5.92 Å². The van der Waals surface area contributed by atoms with Crippen LogP contribution in [0.5, 0.6) is 17.2 Å². The van der Waals surface area contributed by atoms with E-state index in [9.17, 15) is 9.90 Å². The topological polar surface area (TPSA) is 68.9 Å². The van der Waals surface area contributed by atoms with E-state index in [0.717, 1.165) is 29.7 Å². The number of hydrogen-bond acceptors (Lipinski definition) is 5. The molecule has 0 bridgehead atoms. The number of benzene rings is 1. The second kappa shape index (κ2) is 6.04. The fourth-order valence-electron chi connectivity index (χ4n) is 3.97. The van der Waals surface area contributed by atoms with Crippen molar-refractivity contribution < 1.29 is 19.0 Å². The van der Waals surface area contributed by atoms with Gasteiger partial charge >= 0.3 is 5.63 Å². The Morgan fingerprint density at radius 3 is 2.70 bits per heavy atom. The van der Waals surface area contributed by atoms with Crippen LogP contribution >= 0.6 is 0 Å². The molecule has 0 saturated carbocycles. The van der Waals surface area contributed by atoms with E-state index in [0.29, 0.717) is 28.7 Å². The van der Waals surface area contributed by atoms with Gasteiger partial charge in [-0.3, -0.25) is 0 Å². The summed E-state index contributed by atoms with van der Waals surface area (Å²) in [4.78, 5) is 12.3. The molecular formula is C22H26O5. The highest BCUT2D eigenvalue weighted by atomic mass is 16.5. The zero-order chi connectivity index (χ0) is 19.5. The van der Waals surface area contributed by atoms with E-state index >= 15 is 0 Å². The van der Waals surface area contributed by atoms with Crippen LogP contribution < -0.4 is 15.1 Å². The van der Waals surface area contributed by atoms with Crippen LogP contribution in [0.2, 0.25) is 0 Å². The molecule has 1 N–H and O–H groups in total. The smallest absolute Gasteiger partial charge is 0.379 e. The highest BCUT2D eigenvalue weighted by Crippen LogP contribution is 2.50. The number of rotatable bonds is 2. The Bertz CT molecular complexity index is 1010. The maximum absolute atomic E-state index is 12.3.